The molecule has 136 valence electrons. The first-order chi connectivity index (χ1) is 11.2. The summed E-state index contributed by atoms with van der Waals surface area (Å²) >= 11 is 4.63. The van der Waals surface area contributed by atoms with Crippen LogP contribution >= 0.6 is 12.2 Å². The van der Waals surface area contributed by atoms with Crippen LogP contribution in [-0.2, 0) is 4.79 Å². The molecule has 0 aromatic carbocycles. The number of thiocarbonyl (C=S) groups is 1. The van der Waals surface area contributed by atoms with Crippen molar-refractivity contribution in [2.24, 2.45) is 5.73 Å². The molecule has 0 atom stereocenters. The van der Waals surface area contributed by atoms with Crippen molar-refractivity contribution in [1.82, 2.24) is 5.32 Å². The summed E-state index contributed by atoms with van der Waals surface area (Å²) in [6.07, 6.45) is 20.5. The Hall–Kier alpha value is -0.640. The number of nitrogens with one attached hydrogen (secondary N) is 1. The van der Waals surface area contributed by atoms with Crippen molar-refractivity contribution in [3.8, 4) is 0 Å². The van der Waals surface area contributed by atoms with Gasteiger partial charge in [0.05, 0.1) is 0 Å². The predicted molar refractivity (Wildman–Crippen MR) is 104 cm³/mol. The number of amides is 1. The summed E-state index contributed by atoms with van der Waals surface area (Å²) in [7, 11) is 0. The Morgan fingerprint density at radius 3 is 1.43 bits per heavy atom. The zero-order valence-electron chi connectivity index (χ0n) is 15.2. The molecule has 0 bridgehead atoms. The van der Waals surface area contributed by atoms with E-state index in [1.807, 2.05) is 0 Å². The van der Waals surface area contributed by atoms with Gasteiger partial charge in [-0.15, -0.1) is 0 Å². The van der Waals surface area contributed by atoms with Gasteiger partial charge in [0.2, 0.25) is 5.91 Å². The second-order valence-electron chi connectivity index (χ2n) is 6.61. The van der Waals surface area contributed by atoms with E-state index >= 15 is 0 Å². The van der Waals surface area contributed by atoms with Crippen molar-refractivity contribution in [1.29, 1.82) is 0 Å². The maximum absolute atomic E-state index is 11.3. The molecule has 0 aliphatic heterocycles. The molecule has 0 spiro atoms. The fourth-order valence-corrected chi connectivity index (χ4v) is 2.97. The van der Waals surface area contributed by atoms with Crippen molar-refractivity contribution >= 4 is 23.2 Å². The molecular formula is C19H38N2OS. The molecule has 0 heterocycles. The Kier molecular flexibility index (Phi) is 17.2. The van der Waals surface area contributed by atoms with Gasteiger partial charge >= 0.3 is 0 Å². The summed E-state index contributed by atoms with van der Waals surface area (Å²) < 4.78 is 0. The van der Waals surface area contributed by atoms with E-state index in [-0.39, 0.29) is 11.0 Å². The zero-order valence-corrected chi connectivity index (χ0v) is 16.0. The Balaban J connectivity index is 3.08. The summed E-state index contributed by atoms with van der Waals surface area (Å²) in [6.45, 7) is 2.27. The van der Waals surface area contributed by atoms with Gasteiger partial charge in [-0.1, -0.05) is 96.8 Å². The van der Waals surface area contributed by atoms with Crippen LogP contribution in [0.2, 0.25) is 0 Å². The summed E-state index contributed by atoms with van der Waals surface area (Å²) in [4.78, 5) is 11.3. The van der Waals surface area contributed by atoms with Gasteiger partial charge in [-0.3, -0.25) is 4.79 Å². The number of nitrogens with two attached hydrogens (primary N) is 1. The van der Waals surface area contributed by atoms with Crippen LogP contribution in [0.4, 0.5) is 0 Å². The number of hydrogen-bond donors (Lipinski definition) is 2. The van der Waals surface area contributed by atoms with E-state index in [1.54, 1.807) is 0 Å². The molecule has 0 saturated carbocycles. The van der Waals surface area contributed by atoms with Gasteiger partial charge in [0.25, 0.3) is 0 Å². The third kappa shape index (κ3) is 19.3. The van der Waals surface area contributed by atoms with Crippen molar-refractivity contribution in [2.75, 3.05) is 0 Å². The number of unbranched alkanes of at least 4 members (excludes halogenated alkanes) is 14. The van der Waals surface area contributed by atoms with Crippen molar-refractivity contribution < 1.29 is 4.79 Å². The van der Waals surface area contributed by atoms with E-state index in [9.17, 15) is 4.79 Å². The Morgan fingerprint density at radius 1 is 0.739 bits per heavy atom. The second-order valence-corrected chi connectivity index (χ2v) is 7.05. The molecule has 3 nitrogen and oxygen atoms in total. The van der Waals surface area contributed by atoms with Crippen LogP contribution in [0.5, 0.6) is 0 Å². The van der Waals surface area contributed by atoms with Gasteiger partial charge in [-0.05, 0) is 18.6 Å². The average molecular weight is 343 g/mol. The first-order valence-corrected chi connectivity index (χ1v) is 10.2. The van der Waals surface area contributed by atoms with Crippen LogP contribution in [0.25, 0.3) is 0 Å². The molecular weight excluding hydrogens is 304 g/mol. The van der Waals surface area contributed by atoms with Crippen LogP contribution in [0.1, 0.15) is 110 Å². The third-order valence-corrected chi connectivity index (χ3v) is 4.37. The van der Waals surface area contributed by atoms with E-state index in [2.05, 4.69) is 24.5 Å². The second kappa shape index (κ2) is 17.7. The summed E-state index contributed by atoms with van der Waals surface area (Å²) in [6, 6.07) is 0. The molecule has 0 fully saturated rings. The smallest absolute Gasteiger partial charge is 0.226 e. The molecule has 3 N–H and O–H groups in total. The molecule has 0 radical (unpaired) electrons. The van der Waals surface area contributed by atoms with Gasteiger partial charge in [0.1, 0.15) is 0 Å². The topological polar surface area (TPSA) is 55.1 Å². The van der Waals surface area contributed by atoms with E-state index < -0.39 is 0 Å². The van der Waals surface area contributed by atoms with Crippen LogP contribution in [-0.4, -0.2) is 11.0 Å². The average Bonchev–Trinajstić information content (AvgIpc) is 2.50. The number of carbonyl (C=O) groups is 1. The largest absolute Gasteiger partial charge is 0.376 e. The lowest BCUT2D eigenvalue weighted by Gasteiger charge is -2.04. The molecule has 23 heavy (non-hydrogen) atoms. The molecule has 0 saturated heterocycles. The van der Waals surface area contributed by atoms with Gasteiger partial charge in [-0.25, -0.2) is 0 Å². The fraction of sp³-hybridized carbons (Fsp3) is 0.895. The standard InChI is InChI=1S/C19H38N2OS/c1-2-3-4-5-6-7-8-9-10-11-12-13-14-15-16-17-18(22)21-19(20)23/h2-17H2,1H3,(H3,20,21,22,23). The highest BCUT2D eigenvalue weighted by Crippen LogP contribution is 2.13. The molecule has 4 heteroatoms. The van der Waals surface area contributed by atoms with E-state index in [0.717, 1.165) is 12.8 Å². The van der Waals surface area contributed by atoms with E-state index in [4.69, 9.17) is 5.73 Å². The van der Waals surface area contributed by atoms with Crippen molar-refractivity contribution in [3.63, 3.8) is 0 Å². The van der Waals surface area contributed by atoms with E-state index in [0.29, 0.717) is 6.42 Å². The first-order valence-electron chi connectivity index (χ1n) is 9.76. The fourth-order valence-electron chi connectivity index (χ4n) is 2.86. The molecule has 0 rings (SSSR count). The van der Waals surface area contributed by atoms with Gasteiger partial charge < -0.3 is 11.1 Å². The molecule has 0 unspecified atom stereocenters. The minimum absolute atomic E-state index is 0.0489. The molecule has 0 aliphatic rings. The predicted octanol–water partition coefficient (Wildman–Crippen LogP) is 5.61. The Bertz CT molecular complexity index is 295. The quantitative estimate of drug-likeness (QED) is 0.283. The lowest BCUT2D eigenvalue weighted by molar-refractivity contribution is -0.119. The van der Waals surface area contributed by atoms with Crippen LogP contribution < -0.4 is 11.1 Å². The lowest BCUT2D eigenvalue weighted by Crippen LogP contribution is -2.34. The van der Waals surface area contributed by atoms with E-state index in [1.165, 1.54) is 83.5 Å². The van der Waals surface area contributed by atoms with Crippen molar-refractivity contribution in [3.05, 3.63) is 0 Å². The lowest BCUT2D eigenvalue weighted by atomic mass is 10.0. The molecule has 0 aromatic heterocycles. The molecule has 1 amide bonds. The number of carbonyl (C=O) groups excluding carboxylic acids is 1. The highest BCUT2D eigenvalue weighted by molar-refractivity contribution is 7.80. The van der Waals surface area contributed by atoms with Gasteiger partial charge in [0, 0.05) is 6.42 Å². The first kappa shape index (κ1) is 22.4. The Morgan fingerprint density at radius 2 is 1.09 bits per heavy atom. The summed E-state index contributed by atoms with van der Waals surface area (Å²) in [5.74, 6) is -0.0489. The van der Waals surface area contributed by atoms with Gasteiger partial charge in [0.15, 0.2) is 5.11 Å². The maximum Gasteiger partial charge on any atom is 0.226 e. The normalized spacial score (nSPS) is 10.7. The highest BCUT2D eigenvalue weighted by Gasteiger charge is 2.01. The Labute approximate surface area is 149 Å². The van der Waals surface area contributed by atoms with Gasteiger partial charge in [-0.2, -0.15) is 0 Å². The summed E-state index contributed by atoms with van der Waals surface area (Å²) in [5, 5.41) is 2.54. The minimum Gasteiger partial charge on any atom is -0.376 e. The third-order valence-electron chi connectivity index (χ3n) is 4.27. The minimum atomic E-state index is -0.0489. The van der Waals surface area contributed by atoms with Crippen LogP contribution in [0, 0.1) is 0 Å². The van der Waals surface area contributed by atoms with Crippen LogP contribution in [0.3, 0.4) is 0 Å². The van der Waals surface area contributed by atoms with Crippen LogP contribution in [0.15, 0.2) is 0 Å². The SMILES string of the molecule is CCCCCCCCCCCCCCCCCC(=O)NC(N)=S. The molecule has 0 aliphatic carbocycles. The maximum atomic E-state index is 11.3. The highest BCUT2D eigenvalue weighted by atomic mass is 32.1. The summed E-state index contributed by atoms with van der Waals surface area (Å²) in [5.41, 5.74) is 5.25. The number of hydrogen-bond acceptors (Lipinski definition) is 2. The molecule has 0 aromatic rings. The zero-order chi connectivity index (χ0) is 17.2. The number of rotatable bonds is 16. The monoisotopic (exact) mass is 342 g/mol. The van der Waals surface area contributed by atoms with Crippen molar-refractivity contribution in [2.45, 2.75) is 110 Å².